The SMILES string of the molecule is CCCC(C)C(=O)Nc1c(C)cc(C)cc1C.[Y]. The van der Waals surface area contributed by atoms with E-state index in [0.717, 1.165) is 29.7 Å². The van der Waals surface area contributed by atoms with Crippen molar-refractivity contribution in [3.05, 3.63) is 28.8 Å². The number of carbonyl (C=O) groups is 1. The number of amides is 1. The predicted octanol–water partition coefficient (Wildman–Crippen LogP) is 3.98. The van der Waals surface area contributed by atoms with Gasteiger partial charge < -0.3 is 5.32 Å². The summed E-state index contributed by atoms with van der Waals surface area (Å²) in [4.78, 5) is 12.0. The summed E-state index contributed by atoms with van der Waals surface area (Å²) in [6.45, 7) is 10.2. The van der Waals surface area contributed by atoms with E-state index in [9.17, 15) is 4.79 Å². The van der Waals surface area contributed by atoms with Gasteiger partial charge in [-0.1, -0.05) is 38.0 Å². The summed E-state index contributed by atoms with van der Waals surface area (Å²) in [5.74, 6) is 0.210. The maximum Gasteiger partial charge on any atom is 0.227 e. The molecule has 3 heteroatoms. The molecule has 1 atom stereocenters. The average Bonchev–Trinajstić information content (AvgIpc) is 2.23. The summed E-state index contributed by atoms with van der Waals surface area (Å²) < 4.78 is 0. The van der Waals surface area contributed by atoms with Crippen molar-refractivity contribution in [1.82, 2.24) is 0 Å². The van der Waals surface area contributed by atoms with Gasteiger partial charge in [0.2, 0.25) is 5.91 Å². The zero-order valence-corrected chi connectivity index (χ0v) is 15.0. The second-order valence-electron chi connectivity index (χ2n) is 4.95. The molecule has 0 aromatic heterocycles. The fraction of sp³-hybridized carbons (Fsp3) is 0.533. The van der Waals surface area contributed by atoms with E-state index >= 15 is 0 Å². The normalized spacial score (nSPS) is 11.6. The molecule has 0 saturated carbocycles. The van der Waals surface area contributed by atoms with Crippen molar-refractivity contribution >= 4 is 11.6 Å². The summed E-state index contributed by atoms with van der Waals surface area (Å²) in [6, 6.07) is 4.21. The van der Waals surface area contributed by atoms with Gasteiger partial charge in [0, 0.05) is 44.3 Å². The number of carbonyl (C=O) groups excluding carboxylic acids is 1. The van der Waals surface area contributed by atoms with Crippen LogP contribution in [0.5, 0.6) is 0 Å². The molecule has 97 valence electrons. The van der Waals surface area contributed by atoms with Crippen LogP contribution >= 0.6 is 0 Å². The maximum atomic E-state index is 12.0. The second-order valence-corrected chi connectivity index (χ2v) is 4.95. The van der Waals surface area contributed by atoms with Crippen LogP contribution in [0.3, 0.4) is 0 Å². The Bertz CT molecular complexity index is 392. The first-order chi connectivity index (χ1) is 7.95. The fourth-order valence-corrected chi connectivity index (χ4v) is 2.19. The minimum Gasteiger partial charge on any atom is -0.325 e. The Morgan fingerprint density at radius 3 is 2.17 bits per heavy atom. The van der Waals surface area contributed by atoms with Crippen LogP contribution in [0.1, 0.15) is 43.4 Å². The Labute approximate surface area is 136 Å². The van der Waals surface area contributed by atoms with Gasteiger partial charge in [0.1, 0.15) is 0 Å². The summed E-state index contributed by atoms with van der Waals surface area (Å²) in [6.07, 6.45) is 1.98. The summed E-state index contributed by atoms with van der Waals surface area (Å²) in [7, 11) is 0. The number of rotatable bonds is 4. The van der Waals surface area contributed by atoms with Gasteiger partial charge in [-0.2, -0.15) is 0 Å². The fourth-order valence-electron chi connectivity index (χ4n) is 2.19. The first-order valence-electron chi connectivity index (χ1n) is 6.34. The van der Waals surface area contributed by atoms with E-state index in [2.05, 4.69) is 31.3 Å². The molecule has 1 radical (unpaired) electrons. The molecule has 0 heterocycles. The topological polar surface area (TPSA) is 29.1 Å². The van der Waals surface area contributed by atoms with Crippen LogP contribution < -0.4 is 5.32 Å². The molecule has 0 aliphatic carbocycles. The monoisotopic (exact) mass is 322 g/mol. The van der Waals surface area contributed by atoms with Gasteiger partial charge in [-0.3, -0.25) is 4.79 Å². The molecular weight excluding hydrogens is 299 g/mol. The van der Waals surface area contributed by atoms with Gasteiger partial charge in [-0.05, 0) is 38.3 Å². The second kappa shape index (κ2) is 8.06. The zero-order chi connectivity index (χ0) is 13.0. The van der Waals surface area contributed by atoms with Gasteiger partial charge in [0.05, 0.1) is 0 Å². The van der Waals surface area contributed by atoms with Crippen LogP contribution in [-0.4, -0.2) is 5.91 Å². The molecule has 2 nitrogen and oxygen atoms in total. The zero-order valence-electron chi connectivity index (χ0n) is 12.1. The standard InChI is InChI=1S/C15H23NO.Y/c1-6-7-11(3)15(17)16-14-12(4)8-10(2)9-13(14)5;/h8-9,11H,6-7H2,1-5H3,(H,16,17);. The van der Waals surface area contributed by atoms with Crippen molar-refractivity contribution < 1.29 is 37.5 Å². The molecule has 0 aliphatic heterocycles. The summed E-state index contributed by atoms with van der Waals surface area (Å²) in [5, 5.41) is 3.05. The third-order valence-electron chi connectivity index (χ3n) is 3.09. The van der Waals surface area contributed by atoms with Crippen LogP contribution in [0.15, 0.2) is 12.1 Å². The minimum atomic E-state index is 0. The van der Waals surface area contributed by atoms with Crippen molar-refractivity contribution in [2.24, 2.45) is 5.92 Å². The molecule has 1 aromatic rings. The summed E-state index contributed by atoms with van der Waals surface area (Å²) in [5.41, 5.74) is 4.49. The summed E-state index contributed by atoms with van der Waals surface area (Å²) >= 11 is 0. The Morgan fingerprint density at radius 2 is 1.72 bits per heavy atom. The molecule has 1 N–H and O–H groups in total. The smallest absolute Gasteiger partial charge is 0.227 e. The van der Waals surface area contributed by atoms with Crippen molar-refractivity contribution in [3.8, 4) is 0 Å². The van der Waals surface area contributed by atoms with Crippen LogP contribution in [0.2, 0.25) is 0 Å². The maximum absolute atomic E-state index is 12.0. The first kappa shape index (κ1) is 17.8. The van der Waals surface area contributed by atoms with Crippen molar-refractivity contribution in [2.75, 3.05) is 5.32 Å². The molecule has 1 amide bonds. The number of hydrogen-bond donors (Lipinski definition) is 1. The average molecular weight is 322 g/mol. The molecular formula is C15H23NOY. The van der Waals surface area contributed by atoms with Crippen molar-refractivity contribution in [3.63, 3.8) is 0 Å². The Hall–Kier alpha value is -0.206. The Morgan fingerprint density at radius 1 is 1.22 bits per heavy atom. The minimum absolute atomic E-state index is 0. The quantitative estimate of drug-likeness (QED) is 0.892. The van der Waals surface area contributed by atoms with Crippen LogP contribution in [0.4, 0.5) is 5.69 Å². The van der Waals surface area contributed by atoms with Gasteiger partial charge in [-0.15, -0.1) is 0 Å². The molecule has 0 aliphatic rings. The van der Waals surface area contributed by atoms with E-state index < -0.39 is 0 Å². The Kier molecular flexibility index (Phi) is 7.97. The molecule has 0 bridgehead atoms. The van der Waals surface area contributed by atoms with E-state index in [1.165, 1.54) is 5.56 Å². The molecule has 0 fully saturated rings. The third kappa shape index (κ3) is 4.81. The largest absolute Gasteiger partial charge is 0.325 e. The molecule has 1 unspecified atom stereocenters. The van der Waals surface area contributed by atoms with Crippen molar-refractivity contribution in [2.45, 2.75) is 47.5 Å². The molecule has 18 heavy (non-hydrogen) atoms. The Balaban J connectivity index is 0.00000289. The van der Waals surface area contributed by atoms with Crippen LogP contribution in [0, 0.1) is 26.7 Å². The number of anilines is 1. The predicted molar refractivity (Wildman–Crippen MR) is 73.4 cm³/mol. The number of hydrogen-bond acceptors (Lipinski definition) is 1. The van der Waals surface area contributed by atoms with E-state index in [1.807, 2.05) is 20.8 Å². The number of benzene rings is 1. The third-order valence-corrected chi connectivity index (χ3v) is 3.09. The van der Waals surface area contributed by atoms with Gasteiger partial charge in [0.15, 0.2) is 0 Å². The van der Waals surface area contributed by atoms with Gasteiger partial charge in [-0.25, -0.2) is 0 Å². The number of nitrogens with one attached hydrogen (secondary N) is 1. The van der Waals surface area contributed by atoms with Gasteiger partial charge in [0.25, 0.3) is 0 Å². The van der Waals surface area contributed by atoms with Crippen LogP contribution in [-0.2, 0) is 37.5 Å². The van der Waals surface area contributed by atoms with Gasteiger partial charge >= 0.3 is 0 Å². The number of aryl methyl sites for hydroxylation is 3. The molecule has 0 spiro atoms. The first-order valence-corrected chi connectivity index (χ1v) is 6.34. The molecule has 0 saturated heterocycles. The van der Waals surface area contributed by atoms with E-state index in [1.54, 1.807) is 0 Å². The van der Waals surface area contributed by atoms with E-state index in [0.29, 0.717) is 0 Å². The molecule has 1 rings (SSSR count). The van der Waals surface area contributed by atoms with E-state index in [-0.39, 0.29) is 44.5 Å². The molecule has 1 aromatic carbocycles. The van der Waals surface area contributed by atoms with Crippen molar-refractivity contribution in [1.29, 1.82) is 0 Å². The van der Waals surface area contributed by atoms with Crippen LogP contribution in [0.25, 0.3) is 0 Å². The van der Waals surface area contributed by atoms with E-state index in [4.69, 9.17) is 0 Å².